The van der Waals surface area contributed by atoms with Crippen molar-refractivity contribution in [2.75, 3.05) is 45.6 Å². The lowest BCUT2D eigenvalue weighted by Crippen LogP contribution is -2.54. The van der Waals surface area contributed by atoms with Crippen molar-refractivity contribution in [3.63, 3.8) is 0 Å². The molecule has 1 aromatic heterocycles. The molecule has 1 aromatic carbocycles. The molecule has 0 aliphatic carbocycles. The monoisotopic (exact) mass is 339 g/mol. The fourth-order valence-electron chi connectivity index (χ4n) is 2.98. The summed E-state index contributed by atoms with van der Waals surface area (Å²) in [6.45, 7) is 3.68. The summed E-state index contributed by atoms with van der Waals surface area (Å²) < 4.78 is 0. The van der Waals surface area contributed by atoms with Gasteiger partial charge in [-0.05, 0) is 26.2 Å². The summed E-state index contributed by atoms with van der Waals surface area (Å²) in [5.41, 5.74) is 2.60. The standard InChI is InChI=1S/C19H25N5O/c1-23-10-11-24(2)17(14-23)13-21-19(25)22-16-8-9-20-18(12-16)15-6-4-3-5-7-15/h3-9,12,17H,10-11,13-14H2,1-2H3,(H2,20,21,22,25). The molecule has 1 saturated heterocycles. The number of carbonyl (C=O) groups excluding carboxylic acids is 1. The van der Waals surface area contributed by atoms with E-state index in [4.69, 9.17) is 0 Å². The maximum Gasteiger partial charge on any atom is 0.319 e. The second-order valence-electron chi connectivity index (χ2n) is 6.53. The van der Waals surface area contributed by atoms with Gasteiger partial charge in [-0.15, -0.1) is 0 Å². The van der Waals surface area contributed by atoms with Crippen molar-refractivity contribution in [3.05, 3.63) is 48.7 Å². The Morgan fingerprint density at radius 1 is 1.20 bits per heavy atom. The molecular weight excluding hydrogens is 314 g/mol. The van der Waals surface area contributed by atoms with Crippen LogP contribution < -0.4 is 10.6 Å². The maximum absolute atomic E-state index is 12.2. The van der Waals surface area contributed by atoms with Crippen LogP contribution in [0, 0.1) is 0 Å². The summed E-state index contributed by atoms with van der Waals surface area (Å²) in [5.74, 6) is 0. The third kappa shape index (κ3) is 4.78. The van der Waals surface area contributed by atoms with Gasteiger partial charge in [-0.2, -0.15) is 0 Å². The molecule has 2 heterocycles. The van der Waals surface area contributed by atoms with Crippen LogP contribution in [0.15, 0.2) is 48.7 Å². The number of carbonyl (C=O) groups is 1. The van der Waals surface area contributed by atoms with Gasteiger partial charge in [0.15, 0.2) is 0 Å². The summed E-state index contributed by atoms with van der Waals surface area (Å²) in [7, 11) is 4.22. The Kier molecular flexibility index (Phi) is 5.63. The lowest BCUT2D eigenvalue weighted by atomic mass is 10.1. The highest BCUT2D eigenvalue weighted by Gasteiger charge is 2.22. The van der Waals surface area contributed by atoms with Crippen LogP contribution in [0.5, 0.6) is 0 Å². The molecule has 1 unspecified atom stereocenters. The molecule has 6 heteroatoms. The van der Waals surface area contributed by atoms with E-state index in [2.05, 4.69) is 39.5 Å². The number of aromatic nitrogens is 1. The van der Waals surface area contributed by atoms with E-state index in [-0.39, 0.29) is 6.03 Å². The molecule has 2 amide bonds. The summed E-state index contributed by atoms with van der Waals surface area (Å²) in [6, 6.07) is 13.8. The number of anilines is 1. The van der Waals surface area contributed by atoms with E-state index in [1.54, 1.807) is 12.3 Å². The van der Waals surface area contributed by atoms with Crippen molar-refractivity contribution in [1.82, 2.24) is 20.1 Å². The van der Waals surface area contributed by atoms with Crippen LogP contribution >= 0.6 is 0 Å². The van der Waals surface area contributed by atoms with Gasteiger partial charge in [0, 0.05) is 49.7 Å². The van der Waals surface area contributed by atoms with Crippen molar-refractivity contribution >= 4 is 11.7 Å². The predicted octanol–water partition coefficient (Wildman–Crippen LogP) is 2.12. The predicted molar refractivity (Wildman–Crippen MR) is 101 cm³/mol. The minimum atomic E-state index is -0.188. The van der Waals surface area contributed by atoms with Gasteiger partial charge in [-0.25, -0.2) is 4.79 Å². The Morgan fingerprint density at radius 2 is 2.00 bits per heavy atom. The number of benzene rings is 1. The SMILES string of the molecule is CN1CCN(C)C(CNC(=O)Nc2ccnc(-c3ccccc3)c2)C1. The molecule has 0 radical (unpaired) electrons. The van der Waals surface area contributed by atoms with Crippen LogP contribution in [0.1, 0.15) is 0 Å². The number of urea groups is 1. The van der Waals surface area contributed by atoms with Gasteiger partial charge in [0.1, 0.15) is 0 Å². The average molecular weight is 339 g/mol. The molecule has 1 fully saturated rings. The molecule has 0 bridgehead atoms. The fraction of sp³-hybridized carbons (Fsp3) is 0.368. The summed E-state index contributed by atoms with van der Waals surface area (Å²) in [5, 5.41) is 5.87. The molecule has 1 atom stereocenters. The first-order valence-electron chi connectivity index (χ1n) is 8.57. The first-order chi connectivity index (χ1) is 12.1. The zero-order valence-electron chi connectivity index (χ0n) is 14.8. The van der Waals surface area contributed by atoms with E-state index in [9.17, 15) is 4.79 Å². The molecule has 1 aliphatic heterocycles. The van der Waals surface area contributed by atoms with Crippen molar-refractivity contribution in [2.45, 2.75) is 6.04 Å². The first-order valence-corrected chi connectivity index (χ1v) is 8.57. The normalized spacial score (nSPS) is 18.7. The Balaban J connectivity index is 1.56. The van der Waals surface area contributed by atoms with E-state index in [0.29, 0.717) is 12.6 Å². The van der Waals surface area contributed by atoms with E-state index in [0.717, 1.165) is 36.6 Å². The van der Waals surface area contributed by atoms with Crippen LogP contribution in [0.2, 0.25) is 0 Å². The van der Waals surface area contributed by atoms with Gasteiger partial charge in [-0.1, -0.05) is 30.3 Å². The van der Waals surface area contributed by atoms with Crippen molar-refractivity contribution < 1.29 is 4.79 Å². The van der Waals surface area contributed by atoms with Gasteiger partial charge in [0.2, 0.25) is 0 Å². The molecule has 25 heavy (non-hydrogen) atoms. The average Bonchev–Trinajstić information content (AvgIpc) is 2.63. The lowest BCUT2D eigenvalue weighted by Gasteiger charge is -2.37. The number of nitrogens with one attached hydrogen (secondary N) is 2. The van der Waals surface area contributed by atoms with E-state index in [1.165, 1.54) is 0 Å². The van der Waals surface area contributed by atoms with Crippen LogP contribution in [0.3, 0.4) is 0 Å². The van der Waals surface area contributed by atoms with Gasteiger partial charge in [-0.3, -0.25) is 9.88 Å². The minimum Gasteiger partial charge on any atom is -0.336 e. The van der Waals surface area contributed by atoms with Crippen molar-refractivity contribution in [1.29, 1.82) is 0 Å². The highest BCUT2D eigenvalue weighted by molar-refractivity contribution is 5.89. The molecule has 3 rings (SSSR count). The molecule has 0 spiro atoms. The van der Waals surface area contributed by atoms with Crippen LogP contribution in [0.4, 0.5) is 10.5 Å². The molecular formula is C19H25N5O. The molecule has 1 aliphatic rings. The second kappa shape index (κ2) is 8.09. The van der Waals surface area contributed by atoms with Gasteiger partial charge < -0.3 is 15.5 Å². The van der Waals surface area contributed by atoms with Crippen LogP contribution in [-0.4, -0.2) is 67.1 Å². The summed E-state index contributed by atoms with van der Waals surface area (Å²) >= 11 is 0. The van der Waals surface area contributed by atoms with Crippen molar-refractivity contribution in [2.24, 2.45) is 0 Å². The Bertz CT molecular complexity index is 706. The molecule has 2 aromatic rings. The molecule has 132 valence electrons. The summed E-state index contributed by atoms with van der Waals surface area (Å²) in [6.07, 6.45) is 1.71. The largest absolute Gasteiger partial charge is 0.336 e. The topological polar surface area (TPSA) is 60.5 Å². The van der Waals surface area contributed by atoms with Gasteiger partial charge in [0.05, 0.1) is 5.69 Å². The van der Waals surface area contributed by atoms with Crippen LogP contribution in [-0.2, 0) is 0 Å². The fourth-order valence-corrected chi connectivity index (χ4v) is 2.98. The zero-order valence-corrected chi connectivity index (χ0v) is 14.8. The third-order valence-electron chi connectivity index (χ3n) is 4.57. The Morgan fingerprint density at radius 3 is 2.80 bits per heavy atom. The molecule has 0 saturated carbocycles. The third-order valence-corrected chi connectivity index (χ3v) is 4.57. The number of piperazine rings is 1. The number of hydrogen-bond acceptors (Lipinski definition) is 4. The number of amides is 2. The number of nitrogens with zero attached hydrogens (tertiary/aromatic N) is 3. The van der Waals surface area contributed by atoms with Crippen LogP contribution in [0.25, 0.3) is 11.3 Å². The quantitative estimate of drug-likeness (QED) is 0.896. The zero-order chi connectivity index (χ0) is 17.6. The maximum atomic E-state index is 12.2. The number of rotatable bonds is 4. The number of hydrogen-bond donors (Lipinski definition) is 2. The Labute approximate surface area is 148 Å². The number of pyridine rings is 1. The smallest absolute Gasteiger partial charge is 0.319 e. The van der Waals surface area contributed by atoms with Crippen molar-refractivity contribution in [3.8, 4) is 11.3 Å². The second-order valence-corrected chi connectivity index (χ2v) is 6.53. The van der Waals surface area contributed by atoms with E-state index >= 15 is 0 Å². The van der Waals surface area contributed by atoms with E-state index < -0.39 is 0 Å². The van der Waals surface area contributed by atoms with Gasteiger partial charge in [0.25, 0.3) is 0 Å². The minimum absolute atomic E-state index is 0.188. The number of likely N-dealkylation sites (N-methyl/N-ethyl adjacent to an activating group) is 2. The van der Waals surface area contributed by atoms with Gasteiger partial charge >= 0.3 is 6.03 Å². The first kappa shape index (κ1) is 17.4. The Hall–Kier alpha value is -2.44. The summed E-state index contributed by atoms with van der Waals surface area (Å²) in [4.78, 5) is 21.2. The highest BCUT2D eigenvalue weighted by Crippen LogP contribution is 2.19. The molecule has 6 nitrogen and oxygen atoms in total. The van der Waals surface area contributed by atoms with E-state index in [1.807, 2.05) is 36.4 Å². The molecule has 2 N–H and O–H groups in total. The highest BCUT2D eigenvalue weighted by atomic mass is 16.2. The lowest BCUT2D eigenvalue weighted by molar-refractivity contribution is 0.115.